The summed E-state index contributed by atoms with van der Waals surface area (Å²) in [6.45, 7) is 16.7. The van der Waals surface area contributed by atoms with Crippen molar-refractivity contribution < 1.29 is 19.0 Å². The van der Waals surface area contributed by atoms with Gasteiger partial charge in [-0.3, -0.25) is 0 Å². The van der Waals surface area contributed by atoms with Crippen LogP contribution in [-0.4, -0.2) is 84.1 Å². The molecule has 2 aliphatic rings. The first-order valence-electron chi connectivity index (χ1n) is 13.1. The van der Waals surface area contributed by atoms with Crippen molar-refractivity contribution in [3.05, 3.63) is 29.6 Å². The Morgan fingerprint density at radius 2 is 2.00 bits per heavy atom. The Balaban J connectivity index is 1.52. The number of piperidine rings is 1. The molecule has 0 saturated carbocycles. The van der Waals surface area contributed by atoms with Crippen molar-refractivity contribution in [2.24, 2.45) is 0 Å². The number of hydrogen-bond donors (Lipinski definition) is 1. The molecule has 1 N–H and O–H groups in total. The second kappa shape index (κ2) is 11.2. The van der Waals surface area contributed by atoms with E-state index in [9.17, 15) is 4.79 Å². The molecule has 0 aliphatic carbocycles. The first-order chi connectivity index (χ1) is 18.7. The van der Waals surface area contributed by atoms with Gasteiger partial charge >= 0.3 is 6.09 Å². The van der Waals surface area contributed by atoms with Crippen LogP contribution < -0.4 is 15.0 Å². The van der Waals surface area contributed by atoms with Crippen LogP contribution in [0.15, 0.2) is 18.2 Å². The maximum atomic E-state index is 12.8. The summed E-state index contributed by atoms with van der Waals surface area (Å²) in [5.74, 6) is 1.57. The van der Waals surface area contributed by atoms with E-state index in [4.69, 9.17) is 35.7 Å². The Hall–Kier alpha value is -3.69. The lowest BCUT2D eigenvalue weighted by atomic mass is 10.1. The smallest absolute Gasteiger partial charge is 0.410 e. The van der Waals surface area contributed by atoms with Crippen molar-refractivity contribution in [2.45, 2.75) is 45.3 Å². The fourth-order valence-electron chi connectivity index (χ4n) is 4.65. The molecule has 1 aromatic carbocycles. The summed E-state index contributed by atoms with van der Waals surface area (Å²) < 4.78 is 17.9. The highest BCUT2D eigenvalue weighted by Gasteiger charge is 2.30. The van der Waals surface area contributed by atoms with Crippen molar-refractivity contribution in [1.82, 2.24) is 19.9 Å². The highest BCUT2D eigenvalue weighted by molar-refractivity contribution is 7.21. The van der Waals surface area contributed by atoms with Gasteiger partial charge in [-0.05, 0) is 39.7 Å². The molecule has 3 aromatic rings. The zero-order valence-electron chi connectivity index (χ0n) is 22.7. The molecular formula is C27H33N7O4S. The van der Waals surface area contributed by atoms with Gasteiger partial charge in [0.05, 0.1) is 37.1 Å². The Morgan fingerprint density at radius 3 is 2.72 bits per heavy atom. The lowest BCUT2D eigenvalue weighted by Crippen LogP contribution is -2.47. The minimum absolute atomic E-state index is 0.0507. The number of carbonyl (C=O) groups is 1. The number of anilines is 2. The largest absolute Gasteiger partial charge is 0.480 e. The van der Waals surface area contributed by atoms with Crippen LogP contribution in [0.2, 0.25) is 0 Å². The Morgan fingerprint density at radius 1 is 1.21 bits per heavy atom. The molecule has 0 radical (unpaired) electrons. The molecule has 1 atom stereocenters. The molecule has 39 heavy (non-hydrogen) atoms. The molecule has 5 rings (SSSR count). The number of nitrogens with zero attached hydrogens (tertiary/aromatic N) is 6. The summed E-state index contributed by atoms with van der Waals surface area (Å²) >= 11 is 1.50. The predicted molar refractivity (Wildman–Crippen MR) is 151 cm³/mol. The number of aromatic nitrogens is 3. The Kier molecular flexibility index (Phi) is 7.72. The number of hydrogen-bond acceptors (Lipinski definition) is 10. The Labute approximate surface area is 231 Å². The minimum Gasteiger partial charge on any atom is -0.480 e. The normalized spacial score (nSPS) is 18.1. The molecule has 11 nitrogen and oxygen atoms in total. The van der Waals surface area contributed by atoms with Crippen molar-refractivity contribution in [3.8, 4) is 16.5 Å². The lowest BCUT2D eigenvalue weighted by Gasteiger charge is -2.35. The summed E-state index contributed by atoms with van der Waals surface area (Å²) in [6, 6.07) is 5.43. The van der Waals surface area contributed by atoms with E-state index in [2.05, 4.69) is 15.1 Å². The quantitative estimate of drug-likeness (QED) is 0.440. The van der Waals surface area contributed by atoms with Crippen LogP contribution in [-0.2, 0) is 9.47 Å². The number of amides is 1. The minimum atomic E-state index is -0.558. The first-order valence-corrected chi connectivity index (χ1v) is 13.9. The fourth-order valence-corrected chi connectivity index (χ4v) is 5.64. The number of carbonyl (C=O) groups excluding carboxylic acids is 1. The molecule has 2 aliphatic heterocycles. The summed E-state index contributed by atoms with van der Waals surface area (Å²) in [5, 5.41) is 4.29. The van der Waals surface area contributed by atoms with Crippen LogP contribution >= 0.6 is 11.3 Å². The van der Waals surface area contributed by atoms with E-state index in [1.54, 1.807) is 24.1 Å². The van der Waals surface area contributed by atoms with Crippen molar-refractivity contribution >= 4 is 45.1 Å². The maximum Gasteiger partial charge on any atom is 0.410 e. The molecule has 12 heteroatoms. The molecule has 0 unspecified atom stereocenters. The number of fused-ring (bicyclic) bond motifs is 1. The number of morpholine rings is 1. The van der Waals surface area contributed by atoms with Gasteiger partial charge in [0.2, 0.25) is 11.8 Å². The zero-order chi connectivity index (χ0) is 27.6. The molecular weight excluding hydrogens is 518 g/mol. The van der Waals surface area contributed by atoms with E-state index in [0.29, 0.717) is 73.3 Å². The van der Waals surface area contributed by atoms with Crippen molar-refractivity contribution in [1.29, 1.82) is 0 Å². The van der Waals surface area contributed by atoms with Gasteiger partial charge in [0.15, 0.2) is 5.69 Å². The average Bonchev–Trinajstić information content (AvgIpc) is 3.35. The van der Waals surface area contributed by atoms with E-state index >= 15 is 0 Å². The van der Waals surface area contributed by atoms with Crippen LogP contribution in [0.25, 0.3) is 25.6 Å². The monoisotopic (exact) mass is 551 g/mol. The summed E-state index contributed by atoms with van der Waals surface area (Å²) in [7, 11) is 1.59. The van der Waals surface area contributed by atoms with Crippen LogP contribution in [0.5, 0.6) is 5.88 Å². The molecule has 206 valence electrons. The van der Waals surface area contributed by atoms with Crippen LogP contribution in [0, 0.1) is 6.57 Å². The topological polar surface area (TPSA) is 106 Å². The van der Waals surface area contributed by atoms with Crippen LogP contribution in [0.3, 0.4) is 0 Å². The number of thiazole rings is 1. The molecule has 1 amide bonds. The van der Waals surface area contributed by atoms with Gasteiger partial charge in [-0.1, -0.05) is 12.1 Å². The van der Waals surface area contributed by atoms with Gasteiger partial charge in [-0.2, -0.15) is 9.97 Å². The van der Waals surface area contributed by atoms with E-state index in [-0.39, 0.29) is 12.1 Å². The van der Waals surface area contributed by atoms with Crippen LogP contribution in [0.1, 0.15) is 33.6 Å². The summed E-state index contributed by atoms with van der Waals surface area (Å²) in [5.41, 5.74) is 1.38. The predicted octanol–water partition coefficient (Wildman–Crippen LogP) is 4.96. The maximum absolute atomic E-state index is 12.8. The first kappa shape index (κ1) is 26.9. The van der Waals surface area contributed by atoms with E-state index in [1.807, 2.05) is 26.8 Å². The number of likely N-dealkylation sites (tertiary alicyclic amines) is 1. The van der Waals surface area contributed by atoms with Gasteiger partial charge in [0.1, 0.15) is 22.0 Å². The number of benzene rings is 1. The molecule has 2 fully saturated rings. The fraction of sp³-hybridized carbons (Fsp3) is 0.519. The van der Waals surface area contributed by atoms with Crippen molar-refractivity contribution in [3.63, 3.8) is 0 Å². The van der Waals surface area contributed by atoms with Crippen LogP contribution in [0.4, 0.5) is 22.2 Å². The van der Waals surface area contributed by atoms with Gasteiger partial charge in [0.25, 0.3) is 0 Å². The van der Waals surface area contributed by atoms with Gasteiger partial charge in [0, 0.05) is 32.2 Å². The number of rotatable bonds is 5. The van der Waals surface area contributed by atoms with Gasteiger partial charge < -0.3 is 29.3 Å². The standard InChI is InChI=1S/C27H33N7O4S/c1-27(2,3)38-26(35)34-10-6-7-18(16-34)29-22-21(24-30-19-15-17(28-4)8-9-20(19)39-24)23(36-5)32-25(31-22)33-11-13-37-14-12-33/h8-9,15,18H,6-7,10-14,16H2,1-3,5H3,(H,29,31,32)/t18-/m1/s1. The average molecular weight is 552 g/mol. The summed E-state index contributed by atoms with van der Waals surface area (Å²) in [6.07, 6.45) is 1.39. The molecule has 4 heterocycles. The highest BCUT2D eigenvalue weighted by atomic mass is 32.1. The third kappa shape index (κ3) is 6.15. The third-order valence-corrected chi connectivity index (χ3v) is 7.53. The second-order valence-electron chi connectivity index (χ2n) is 10.5. The van der Waals surface area contributed by atoms with E-state index < -0.39 is 5.60 Å². The number of ether oxygens (including phenoxy) is 3. The van der Waals surface area contributed by atoms with Crippen molar-refractivity contribution in [2.75, 3.05) is 56.7 Å². The Bertz CT molecular complexity index is 1390. The highest BCUT2D eigenvalue weighted by Crippen LogP contribution is 2.41. The van der Waals surface area contributed by atoms with E-state index in [1.165, 1.54) is 11.3 Å². The second-order valence-corrected chi connectivity index (χ2v) is 11.6. The lowest BCUT2D eigenvalue weighted by molar-refractivity contribution is 0.0206. The number of methoxy groups -OCH3 is 1. The molecule has 2 saturated heterocycles. The summed E-state index contributed by atoms with van der Waals surface area (Å²) in [4.78, 5) is 34.7. The SMILES string of the molecule is [C-]#[N+]c1ccc2sc(-c3c(N[C@@H]4CCCN(C(=O)OC(C)(C)C)C4)nc(N4CCOCC4)nc3OC)nc2c1. The molecule has 2 aromatic heterocycles. The molecule has 0 spiro atoms. The zero-order valence-corrected chi connectivity index (χ0v) is 23.5. The van der Waals surface area contributed by atoms with Gasteiger partial charge in [-0.25, -0.2) is 14.6 Å². The molecule has 0 bridgehead atoms. The van der Waals surface area contributed by atoms with Gasteiger partial charge in [-0.15, -0.1) is 11.3 Å². The number of nitrogens with one attached hydrogen (secondary N) is 1. The third-order valence-electron chi connectivity index (χ3n) is 6.48. The van der Waals surface area contributed by atoms with E-state index in [0.717, 1.165) is 23.1 Å².